The van der Waals surface area contributed by atoms with Crippen LogP contribution in [0.3, 0.4) is 0 Å². The largest absolute Gasteiger partial charge is 0.481 e. The highest BCUT2D eigenvalue weighted by molar-refractivity contribution is 5.73. The Kier molecular flexibility index (Phi) is 8.52. The van der Waals surface area contributed by atoms with Crippen molar-refractivity contribution in [2.75, 3.05) is 0 Å². The van der Waals surface area contributed by atoms with Crippen LogP contribution in [0.15, 0.2) is 0 Å². The maximum atomic E-state index is 11.9. The quantitative estimate of drug-likeness (QED) is 0.501. The van der Waals surface area contributed by atoms with Crippen molar-refractivity contribution < 1.29 is 29.0 Å². The van der Waals surface area contributed by atoms with Gasteiger partial charge in [-0.1, -0.05) is 27.2 Å². The minimum Gasteiger partial charge on any atom is -0.481 e. The lowest BCUT2D eigenvalue weighted by Crippen LogP contribution is -2.49. The molecule has 0 aliphatic rings. The Balaban J connectivity index is 4.67. The van der Waals surface area contributed by atoms with E-state index in [4.69, 9.17) is 14.6 Å². The summed E-state index contributed by atoms with van der Waals surface area (Å²) in [4.78, 5) is 34.0. The number of carbonyl (C=O) groups excluding carboxylic acids is 2. The first-order valence-electron chi connectivity index (χ1n) is 7.52. The molecule has 128 valence electrons. The molecule has 3 atom stereocenters. The molecule has 0 fully saturated rings. The van der Waals surface area contributed by atoms with Crippen LogP contribution in [0, 0.1) is 5.92 Å². The molecule has 7 nitrogen and oxygen atoms in total. The Bertz CT molecular complexity index is 397. The van der Waals surface area contributed by atoms with Crippen LogP contribution in [0.4, 0.5) is 4.79 Å². The summed E-state index contributed by atoms with van der Waals surface area (Å²) in [5.74, 6) is -1.23. The van der Waals surface area contributed by atoms with Crippen molar-refractivity contribution in [3.05, 3.63) is 0 Å². The molecule has 0 saturated carbocycles. The predicted octanol–water partition coefficient (Wildman–Crippen LogP) is 2.68. The number of ether oxygens (including phenoxy) is 2. The number of aliphatic carboxylic acids is 1. The number of carboxylic acids is 1. The Labute approximate surface area is 131 Å². The molecule has 0 aromatic rings. The van der Waals surface area contributed by atoms with Gasteiger partial charge in [-0.25, -0.2) is 4.79 Å². The second kappa shape index (κ2) is 9.27. The van der Waals surface area contributed by atoms with Gasteiger partial charge >= 0.3 is 18.0 Å². The van der Waals surface area contributed by atoms with Crippen LogP contribution in [0.25, 0.3) is 0 Å². The van der Waals surface area contributed by atoms with Crippen molar-refractivity contribution in [3.63, 3.8) is 0 Å². The standard InChI is InChI=1S/C15H27NO6/c1-6-10(3)8-15(5,9-12(17)18)16-14(20)22-11(4)21-13(19)7-2/h10-11H,6-9H2,1-5H3,(H,16,20)(H,17,18)/t10-,11+,15+/m0/s1. The van der Waals surface area contributed by atoms with Crippen molar-refractivity contribution in [3.8, 4) is 0 Å². The van der Waals surface area contributed by atoms with Gasteiger partial charge in [0, 0.05) is 13.3 Å². The molecule has 0 spiro atoms. The topological polar surface area (TPSA) is 102 Å². The molecule has 0 saturated heterocycles. The number of hydrogen-bond donors (Lipinski definition) is 2. The molecule has 0 bridgehead atoms. The summed E-state index contributed by atoms with van der Waals surface area (Å²) in [6.07, 6.45) is -0.478. The Morgan fingerprint density at radius 3 is 2.23 bits per heavy atom. The maximum absolute atomic E-state index is 11.9. The van der Waals surface area contributed by atoms with Crippen molar-refractivity contribution in [1.82, 2.24) is 5.32 Å². The fourth-order valence-corrected chi connectivity index (χ4v) is 2.13. The Morgan fingerprint density at radius 2 is 1.77 bits per heavy atom. The molecule has 0 aromatic carbocycles. The zero-order valence-electron chi connectivity index (χ0n) is 14.0. The molecule has 22 heavy (non-hydrogen) atoms. The van der Waals surface area contributed by atoms with E-state index in [1.807, 2.05) is 13.8 Å². The number of amides is 1. The molecular formula is C15H27NO6. The lowest BCUT2D eigenvalue weighted by atomic mass is 9.86. The van der Waals surface area contributed by atoms with Gasteiger partial charge in [0.2, 0.25) is 6.29 Å². The van der Waals surface area contributed by atoms with Gasteiger partial charge in [-0.3, -0.25) is 9.59 Å². The van der Waals surface area contributed by atoms with E-state index < -0.39 is 29.9 Å². The zero-order valence-corrected chi connectivity index (χ0v) is 14.0. The number of carboxylic acid groups (broad SMARTS) is 1. The molecule has 0 unspecified atom stereocenters. The molecular weight excluding hydrogens is 290 g/mol. The van der Waals surface area contributed by atoms with Crippen molar-refractivity contribution >= 4 is 18.0 Å². The van der Waals surface area contributed by atoms with E-state index in [0.717, 1.165) is 6.42 Å². The first-order valence-corrected chi connectivity index (χ1v) is 7.52. The summed E-state index contributed by atoms with van der Waals surface area (Å²) in [6, 6.07) is 0. The van der Waals surface area contributed by atoms with E-state index in [0.29, 0.717) is 6.42 Å². The number of hydrogen-bond acceptors (Lipinski definition) is 5. The zero-order chi connectivity index (χ0) is 17.3. The van der Waals surface area contributed by atoms with Gasteiger partial charge in [0.25, 0.3) is 0 Å². The van der Waals surface area contributed by atoms with Crippen molar-refractivity contribution in [2.45, 2.75) is 72.1 Å². The minimum absolute atomic E-state index is 0.181. The average molecular weight is 317 g/mol. The molecule has 1 amide bonds. The summed E-state index contributed by atoms with van der Waals surface area (Å²) in [5.41, 5.74) is -0.924. The van der Waals surface area contributed by atoms with Crippen molar-refractivity contribution in [1.29, 1.82) is 0 Å². The maximum Gasteiger partial charge on any atom is 0.410 e. The predicted molar refractivity (Wildman–Crippen MR) is 80.2 cm³/mol. The summed E-state index contributed by atoms with van der Waals surface area (Å²) >= 11 is 0. The number of rotatable bonds is 9. The van der Waals surface area contributed by atoms with Crippen LogP contribution in [-0.4, -0.2) is 35.0 Å². The van der Waals surface area contributed by atoms with E-state index in [1.165, 1.54) is 6.92 Å². The molecule has 0 aliphatic heterocycles. The van der Waals surface area contributed by atoms with Gasteiger partial charge in [0.15, 0.2) is 0 Å². The van der Waals surface area contributed by atoms with Crippen LogP contribution >= 0.6 is 0 Å². The third-order valence-corrected chi connectivity index (χ3v) is 3.30. The third-order valence-electron chi connectivity index (χ3n) is 3.30. The summed E-state index contributed by atoms with van der Waals surface area (Å²) < 4.78 is 9.76. The highest BCUT2D eigenvalue weighted by Crippen LogP contribution is 2.23. The van der Waals surface area contributed by atoms with Crippen LogP contribution in [-0.2, 0) is 19.1 Å². The van der Waals surface area contributed by atoms with Gasteiger partial charge in [-0.2, -0.15) is 0 Å². The first kappa shape index (κ1) is 20.2. The molecule has 7 heteroatoms. The van der Waals surface area contributed by atoms with Crippen LogP contribution < -0.4 is 5.32 Å². The molecule has 0 radical (unpaired) electrons. The minimum atomic E-state index is -1.02. The van der Waals surface area contributed by atoms with E-state index in [1.54, 1.807) is 13.8 Å². The highest BCUT2D eigenvalue weighted by Gasteiger charge is 2.32. The second-order valence-corrected chi connectivity index (χ2v) is 5.79. The average Bonchev–Trinajstić information content (AvgIpc) is 2.35. The van der Waals surface area contributed by atoms with E-state index >= 15 is 0 Å². The van der Waals surface area contributed by atoms with Gasteiger partial charge in [-0.05, 0) is 19.3 Å². The third kappa shape index (κ3) is 8.49. The molecule has 0 aromatic heterocycles. The number of carbonyl (C=O) groups is 3. The molecule has 0 rings (SSSR count). The van der Waals surface area contributed by atoms with Gasteiger partial charge < -0.3 is 19.9 Å². The highest BCUT2D eigenvalue weighted by atomic mass is 16.7. The van der Waals surface area contributed by atoms with Crippen LogP contribution in [0.5, 0.6) is 0 Å². The fraction of sp³-hybridized carbons (Fsp3) is 0.800. The van der Waals surface area contributed by atoms with Crippen LogP contribution in [0.2, 0.25) is 0 Å². The lowest BCUT2D eigenvalue weighted by Gasteiger charge is -2.31. The first-order chi connectivity index (χ1) is 10.1. The number of alkyl carbamates (subject to hydrolysis) is 1. The summed E-state index contributed by atoms with van der Waals surface area (Å²) in [7, 11) is 0. The van der Waals surface area contributed by atoms with E-state index in [9.17, 15) is 14.4 Å². The number of nitrogens with one attached hydrogen (secondary N) is 1. The SMILES string of the molecule is CCC(=O)O[C@@H](C)OC(=O)N[C@@](C)(CC(=O)O)C[C@@H](C)CC. The summed E-state index contributed by atoms with van der Waals surface area (Å²) in [5, 5.41) is 11.6. The van der Waals surface area contributed by atoms with Gasteiger partial charge in [-0.15, -0.1) is 0 Å². The van der Waals surface area contributed by atoms with E-state index in [2.05, 4.69) is 5.32 Å². The van der Waals surface area contributed by atoms with Gasteiger partial charge in [0.1, 0.15) is 0 Å². The smallest absolute Gasteiger partial charge is 0.410 e. The van der Waals surface area contributed by atoms with E-state index in [-0.39, 0.29) is 18.8 Å². The van der Waals surface area contributed by atoms with Crippen LogP contribution in [0.1, 0.15) is 60.3 Å². The Morgan fingerprint density at radius 1 is 1.18 bits per heavy atom. The summed E-state index contributed by atoms with van der Waals surface area (Å²) in [6.45, 7) is 8.70. The monoisotopic (exact) mass is 317 g/mol. The normalized spacial score (nSPS) is 16.0. The Hall–Kier alpha value is -1.79. The number of esters is 1. The van der Waals surface area contributed by atoms with Crippen molar-refractivity contribution in [2.24, 2.45) is 5.92 Å². The molecule has 0 heterocycles. The lowest BCUT2D eigenvalue weighted by molar-refractivity contribution is -0.164. The molecule has 2 N–H and O–H groups in total. The fourth-order valence-electron chi connectivity index (χ4n) is 2.13. The molecule has 0 aliphatic carbocycles. The van der Waals surface area contributed by atoms with Gasteiger partial charge in [0.05, 0.1) is 12.0 Å². The second-order valence-electron chi connectivity index (χ2n) is 5.79.